The van der Waals surface area contributed by atoms with Gasteiger partial charge < -0.3 is 10.1 Å². The van der Waals surface area contributed by atoms with E-state index in [1.165, 1.54) is 11.3 Å². The standard InChI is InChI=1S/C19H17ClN2O2S/c1-13(14-7-3-2-4-8-14)21-19(23)16-12-25-18(22-16)11-24-17-10-6-5-9-15(17)20/h2-10,12-13H,11H2,1H3,(H,21,23). The summed E-state index contributed by atoms with van der Waals surface area (Å²) in [6, 6.07) is 17.0. The Balaban J connectivity index is 1.59. The number of ether oxygens (including phenoxy) is 1. The molecule has 0 fully saturated rings. The number of carbonyl (C=O) groups is 1. The molecular weight excluding hydrogens is 356 g/mol. The van der Waals surface area contributed by atoms with Crippen LogP contribution in [0.2, 0.25) is 5.02 Å². The van der Waals surface area contributed by atoms with Crippen LogP contribution < -0.4 is 10.1 Å². The number of rotatable bonds is 6. The number of nitrogens with zero attached hydrogens (tertiary/aromatic N) is 1. The van der Waals surface area contributed by atoms with Crippen LogP contribution in [0.1, 0.15) is 34.0 Å². The van der Waals surface area contributed by atoms with Crippen LogP contribution in [0.15, 0.2) is 60.0 Å². The van der Waals surface area contributed by atoms with Crippen LogP contribution in [-0.2, 0) is 6.61 Å². The monoisotopic (exact) mass is 372 g/mol. The van der Waals surface area contributed by atoms with Crippen molar-refractivity contribution in [3.63, 3.8) is 0 Å². The summed E-state index contributed by atoms with van der Waals surface area (Å²) in [7, 11) is 0. The van der Waals surface area contributed by atoms with Crippen molar-refractivity contribution in [3.05, 3.63) is 81.3 Å². The number of nitrogens with one attached hydrogen (secondary N) is 1. The van der Waals surface area contributed by atoms with Crippen LogP contribution in [0, 0.1) is 0 Å². The molecule has 1 atom stereocenters. The average Bonchev–Trinajstić information content (AvgIpc) is 3.11. The second-order valence-electron chi connectivity index (χ2n) is 5.45. The van der Waals surface area contributed by atoms with E-state index in [4.69, 9.17) is 16.3 Å². The van der Waals surface area contributed by atoms with Gasteiger partial charge in [-0.2, -0.15) is 0 Å². The van der Waals surface area contributed by atoms with Crippen molar-refractivity contribution in [1.82, 2.24) is 10.3 Å². The van der Waals surface area contributed by atoms with Crippen molar-refractivity contribution in [2.45, 2.75) is 19.6 Å². The normalized spacial score (nSPS) is 11.8. The molecule has 0 radical (unpaired) electrons. The molecule has 1 amide bonds. The maximum atomic E-state index is 12.3. The molecule has 0 saturated heterocycles. The third-order valence-electron chi connectivity index (χ3n) is 3.62. The minimum Gasteiger partial charge on any atom is -0.485 e. The number of amides is 1. The fourth-order valence-electron chi connectivity index (χ4n) is 2.28. The molecule has 25 heavy (non-hydrogen) atoms. The predicted molar refractivity (Wildman–Crippen MR) is 100 cm³/mol. The Labute approximate surface area is 155 Å². The number of halogens is 1. The molecule has 1 aromatic heterocycles. The van der Waals surface area contributed by atoms with Crippen LogP contribution in [0.5, 0.6) is 5.75 Å². The highest BCUT2D eigenvalue weighted by Crippen LogP contribution is 2.24. The highest BCUT2D eigenvalue weighted by atomic mass is 35.5. The summed E-state index contributed by atoms with van der Waals surface area (Å²) in [5.41, 5.74) is 1.44. The van der Waals surface area contributed by atoms with E-state index >= 15 is 0 Å². The molecule has 0 bridgehead atoms. The third kappa shape index (κ3) is 4.59. The van der Waals surface area contributed by atoms with E-state index < -0.39 is 0 Å². The predicted octanol–water partition coefficient (Wildman–Crippen LogP) is 4.87. The van der Waals surface area contributed by atoms with Crippen molar-refractivity contribution in [1.29, 1.82) is 0 Å². The maximum Gasteiger partial charge on any atom is 0.271 e. The van der Waals surface area contributed by atoms with Gasteiger partial charge in [0.15, 0.2) is 0 Å². The highest BCUT2D eigenvalue weighted by molar-refractivity contribution is 7.09. The van der Waals surface area contributed by atoms with E-state index in [2.05, 4.69) is 10.3 Å². The first kappa shape index (κ1) is 17.5. The number of para-hydroxylation sites is 1. The summed E-state index contributed by atoms with van der Waals surface area (Å²) in [5, 5.41) is 5.96. The third-order valence-corrected chi connectivity index (χ3v) is 4.75. The minimum atomic E-state index is -0.198. The van der Waals surface area contributed by atoms with Gasteiger partial charge in [0.1, 0.15) is 23.1 Å². The fraction of sp³-hybridized carbons (Fsp3) is 0.158. The lowest BCUT2D eigenvalue weighted by molar-refractivity contribution is 0.0935. The quantitative estimate of drug-likeness (QED) is 0.671. The Morgan fingerprint density at radius 3 is 2.68 bits per heavy atom. The second-order valence-corrected chi connectivity index (χ2v) is 6.80. The Kier molecular flexibility index (Phi) is 5.68. The van der Waals surface area contributed by atoms with Gasteiger partial charge in [-0.15, -0.1) is 11.3 Å². The number of hydrogen-bond acceptors (Lipinski definition) is 4. The van der Waals surface area contributed by atoms with E-state index in [9.17, 15) is 4.79 Å². The molecule has 4 nitrogen and oxygen atoms in total. The lowest BCUT2D eigenvalue weighted by Gasteiger charge is -2.13. The number of aromatic nitrogens is 1. The van der Waals surface area contributed by atoms with Gasteiger partial charge in [0.25, 0.3) is 5.91 Å². The molecule has 3 aromatic rings. The molecule has 6 heteroatoms. The second kappa shape index (κ2) is 8.14. The molecule has 2 aromatic carbocycles. The van der Waals surface area contributed by atoms with Crippen molar-refractivity contribution < 1.29 is 9.53 Å². The number of thiazole rings is 1. The fourth-order valence-corrected chi connectivity index (χ4v) is 3.15. The molecule has 0 saturated carbocycles. The van der Waals surface area contributed by atoms with E-state index in [1.807, 2.05) is 49.4 Å². The zero-order chi connectivity index (χ0) is 17.6. The topological polar surface area (TPSA) is 51.2 Å². The molecule has 128 valence electrons. The van der Waals surface area contributed by atoms with Crippen LogP contribution >= 0.6 is 22.9 Å². The van der Waals surface area contributed by atoms with Crippen LogP contribution in [0.4, 0.5) is 0 Å². The summed E-state index contributed by atoms with van der Waals surface area (Å²) in [5.74, 6) is 0.402. The van der Waals surface area contributed by atoms with Gasteiger partial charge in [-0.25, -0.2) is 4.98 Å². The Hall–Kier alpha value is -2.37. The Morgan fingerprint density at radius 1 is 1.20 bits per heavy atom. The lowest BCUT2D eigenvalue weighted by Crippen LogP contribution is -2.26. The number of carbonyl (C=O) groups excluding carboxylic acids is 1. The van der Waals surface area contributed by atoms with Crippen LogP contribution in [0.25, 0.3) is 0 Å². The maximum absolute atomic E-state index is 12.3. The molecule has 1 unspecified atom stereocenters. The van der Waals surface area contributed by atoms with Gasteiger partial charge in [-0.3, -0.25) is 4.79 Å². The first-order valence-electron chi connectivity index (χ1n) is 7.81. The van der Waals surface area contributed by atoms with Crippen molar-refractivity contribution >= 4 is 28.8 Å². The lowest BCUT2D eigenvalue weighted by atomic mass is 10.1. The van der Waals surface area contributed by atoms with Gasteiger partial charge >= 0.3 is 0 Å². The van der Waals surface area contributed by atoms with E-state index in [0.717, 1.165) is 10.6 Å². The molecule has 0 aliphatic rings. The summed E-state index contributed by atoms with van der Waals surface area (Å²) in [6.07, 6.45) is 0. The van der Waals surface area contributed by atoms with Crippen molar-refractivity contribution in [2.24, 2.45) is 0 Å². The molecule has 0 spiro atoms. The summed E-state index contributed by atoms with van der Waals surface area (Å²) in [4.78, 5) is 16.7. The summed E-state index contributed by atoms with van der Waals surface area (Å²) in [6.45, 7) is 2.22. The summed E-state index contributed by atoms with van der Waals surface area (Å²) >= 11 is 7.44. The summed E-state index contributed by atoms with van der Waals surface area (Å²) < 4.78 is 5.65. The van der Waals surface area contributed by atoms with Crippen molar-refractivity contribution in [2.75, 3.05) is 0 Å². The minimum absolute atomic E-state index is 0.0850. The molecule has 0 aliphatic heterocycles. The molecule has 0 aliphatic carbocycles. The first-order chi connectivity index (χ1) is 12.1. The van der Waals surface area contributed by atoms with Crippen molar-refractivity contribution in [3.8, 4) is 5.75 Å². The first-order valence-corrected chi connectivity index (χ1v) is 9.07. The van der Waals surface area contributed by atoms with Gasteiger partial charge in [0.2, 0.25) is 0 Å². The number of benzene rings is 2. The zero-order valence-electron chi connectivity index (χ0n) is 13.6. The molecule has 1 N–H and O–H groups in total. The van der Waals surface area contributed by atoms with Gasteiger partial charge in [-0.1, -0.05) is 54.1 Å². The molecule has 3 rings (SSSR count). The van der Waals surface area contributed by atoms with Gasteiger partial charge in [-0.05, 0) is 24.6 Å². The Morgan fingerprint density at radius 2 is 1.92 bits per heavy atom. The van der Waals surface area contributed by atoms with E-state index in [0.29, 0.717) is 16.5 Å². The van der Waals surface area contributed by atoms with Crippen LogP contribution in [-0.4, -0.2) is 10.9 Å². The molecular formula is C19H17ClN2O2S. The average molecular weight is 373 g/mol. The SMILES string of the molecule is CC(NC(=O)c1csc(COc2ccccc2Cl)n1)c1ccccc1. The van der Waals surface area contributed by atoms with Gasteiger partial charge in [0, 0.05) is 5.38 Å². The zero-order valence-corrected chi connectivity index (χ0v) is 15.2. The van der Waals surface area contributed by atoms with Gasteiger partial charge in [0.05, 0.1) is 11.1 Å². The largest absolute Gasteiger partial charge is 0.485 e. The Bertz CT molecular complexity index is 851. The smallest absolute Gasteiger partial charge is 0.271 e. The van der Waals surface area contributed by atoms with Crippen LogP contribution in [0.3, 0.4) is 0 Å². The highest BCUT2D eigenvalue weighted by Gasteiger charge is 2.15. The molecule has 1 heterocycles. The van der Waals surface area contributed by atoms with E-state index in [1.54, 1.807) is 17.5 Å². The van der Waals surface area contributed by atoms with E-state index in [-0.39, 0.29) is 18.6 Å². The number of hydrogen-bond donors (Lipinski definition) is 1.